The Morgan fingerprint density at radius 2 is 1.71 bits per heavy atom. The average molecular weight is 348 g/mol. The van der Waals surface area contributed by atoms with Crippen LogP contribution in [0, 0.1) is 0 Å². The van der Waals surface area contributed by atoms with Gasteiger partial charge in [-0.05, 0) is 36.2 Å². The topological polar surface area (TPSA) is 75.7 Å². The van der Waals surface area contributed by atoms with Crippen molar-refractivity contribution < 1.29 is 17.9 Å². The molecule has 0 heterocycles. The van der Waals surface area contributed by atoms with Crippen molar-refractivity contribution in [3.8, 4) is 5.75 Å². The van der Waals surface area contributed by atoms with Crippen LogP contribution >= 0.6 is 0 Å². The first-order valence-electron chi connectivity index (χ1n) is 7.39. The van der Waals surface area contributed by atoms with Crippen molar-refractivity contribution in [3.63, 3.8) is 0 Å². The van der Waals surface area contributed by atoms with Crippen LogP contribution in [0.3, 0.4) is 0 Å². The van der Waals surface area contributed by atoms with Crippen molar-refractivity contribution in [2.45, 2.75) is 6.42 Å². The van der Waals surface area contributed by atoms with Gasteiger partial charge in [0, 0.05) is 19.3 Å². The molecule has 0 spiro atoms. The van der Waals surface area contributed by atoms with Crippen LogP contribution in [0.5, 0.6) is 5.75 Å². The number of nitrogens with one attached hydrogen (secondary N) is 1. The lowest BCUT2D eigenvalue weighted by atomic mass is 10.1. The monoisotopic (exact) mass is 348 g/mol. The number of anilines is 1. The highest BCUT2D eigenvalue weighted by Crippen LogP contribution is 2.16. The fourth-order valence-electron chi connectivity index (χ4n) is 2.03. The molecule has 6 nitrogen and oxygen atoms in total. The van der Waals surface area contributed by atoms with Gasteiger partial charge in [0.2, 0.25) is 10.0 Å². The number of sulfonamides is 1. The Kier molecular flexibility index (Phi) is 5.94. The third kappa shape index (κ3) is 5.68. The molecule has 0 aromatic heterocycles. The van der Waals surface area contributed by atoms with Crippen molar-refractivity contribution in [3.05, 3.63) is 60.2 Å². The van der Waals surface area contributed by atoms with E-state index in [0.29, 0.717) is 18.7 Å². The average Bonchev–Trinajstić information content (AvgIpc) is 2.55. The van der Waals surface area contributed by atoms with Gasteiger partial charge in [-0.15, -0.1) is 0 Å². The van der Waals surface area contributed by atoms with Crippen molar-refractivity contribution in [1.29, 1.82) is 0 Å². The molecule has 0 radical (unpaired) electrons. The standard InChI is InChI=1S/C17H20N2O4S/c1-19(15-6-4-3-5-7-15)17(20)23-16-10-8-14(9-11-16)12-13-18-24(2,21)22/h3-11,18H,12-13H2,1-2H3. The maximum atomic E-state index is 12.1. The van der Waals surface area contributed by atoms with Gasteiger partial charge in [0.1, 0.15) is 5.75 Å². The van der Waals surface area contributed by atoms with Gasteiger partial charge in [-0.3, -0.25) is 4.90 Å². The lowest BCUT2D eigenvalue weighted by Gasteiger charge is -2.16. The SMILES string of the molecule is CN(C(=O)Oc1ccc(CCNS(C)(=O)=O)cc1)c1ccccc1. The van der Waals surface area contributed by atoms with E-state index >= 15 is 0 Å². The molecule has 0 aliphatic rings. The summed E-state index contributed by atoms with van der Waals surface area (Å²) in [4.78, 5) is 13.5. The van der Waals surface area contributed by atoms with Gasteiger partial charge in [-0.1, -0.05) is 30.3 Å². The lowest BCUT2D eigenvalue weighted by Crippen LogP contribution is -2.29. The van der Waals surface area contributed by atoms with Crippen LogP contribution in [0.2, 0.25) is 0 Å². The molecule has 1 amide bonds. The van der Waals surface area contributed by atoms with Crippen molar-refractivity contribution >= 4 is 21.8 Å². The second-order valence-electron chi connectivity index (χ2n) is 5.32. The Morgan fingerprint density at radius 3 is 2.29 bits per heavy atom. The quantitative estimate of drug-likeness (QED) is 0.870. The first kappa shape index (κ1) is 18.0. The van der Waals surface area contributed by atoms with Crippen LogP contribution in [0.15, 0.2) is 54.6 Å². The van der Waals surface area contributed by atoms with E-state index in [9.17, 15) is 13.2 Å². The normalized spacial score (nSPS) is 11.1. The molecule has 0 aliphatic carbocycles. The predicted octanol–water partition coefficient (Wildman–Crippen LogP) is 2.41. The molecule has 2 rings (SSSR count). The maximum absolute atomic E-state index is 12.1. The van der Waals surface area contributed by atoms with E-state index in [2.05, 4.69) is 4.72 Å². The van der Waals surface area contributed by atoms with E-state index in [0.717, 1.165) is 17.5 Å². The van der Waals surface area contributed by atoms with Gasteiger partial charge < -0.3 is 4.74 Å². The van der Waals surface area contributed by atoms with Gasteiger partial charge in [-0.2, -0.15) is 0 Å². The van der Waals surface area contributed by atoms with Crippen LogP contribution in [-0.4, -0.2) is 34.4 Å². The summed E-state index contributed by atoms with van der Waals surface area (Å²) in [6.07, 6.45) is 1.21. The molecular formula is C17H20N2O4S. The van der Waals surface area contributed by atoms with E-state index < -0.39 is 16.1 Å². The first-order valence-corrected chi connectivity index (χ1v) is 9.28. The number of rotatable bonds is 6. The Bertz CT molecular complexity index is 774. The summed E-state index contributed by atoms with van der Waals surface area (Å²) in [6, 6.07) is 16.2. The molecule has 2 aromatic carbocycles. The fraction of sp³-hybridized carbons (Fsp3) is 0.235. The molecule has 128 valence electrons. The first-order chi connectivity index (χ1) is 11.3. The zero-order valence-electron chi connectivity index (χ0n) is 13.6. The fourth-order valence-corrected chi connectivity index (χ4v) is 2.50. The number of benzene rings is 2. The molecule has 0 saturated heterocycles. The highest BCUT2D eigenvalue weighted by Gasteiger charge is 2.12. The predicted molar refractivity (Wildman–Crippen MR) is 93.9 cm³/mol. The van der Waals surface area contributed by atoms with Crippen LogP contribution in [0.1, 0.15) is 5.56 Å². The molecule has 24 heavy (non-hydrogen) atoms. The number of hydrogen-bond donors (Lipinski definition) is 1. The van der Waals surface area contributed by atoms with Gasteiger partial charge in [0.25, 0.3) is 0 Å². The van der Waals surface area contributed by atoms with Crippen molar-refractivity contribution in [2.24, 2.45) is 0 Å². The molecule has 0 aliphatic heterocycles. The highest BCUT2D eigenvalue weighted by atomic mass is 32.2. The Labute approximate surface area is 142 Å². The van der Waals surface area contributed by atoms with E-state index in [1.54, 1.807) is 31.3 Å². The molecule has 0 saturated carbocycles. The summed E-state index contributed by atoms with van der Waals surface area (Å²) in [5.41, 5.74) is 1.69. The summed E-state index contributed by atoms with van der Waals surface area (Å²) in [5, 5.41) is 0. The van der Waals surface area contributed by atoms with Gasteiger partial charge in [0.05, 0.1) is 6.26 Å². The molecule has 0 atom stereocenters. The lowest BCUT2D eigenvalue weighted by molar-refractivity contribution is 0.209. The van der Waals surface area contributed by atoms with E-state index in [1.165, 1.54) is 4.90 Å². The largest absolute Gasteiger partial charge is 0.419 e. The van der Waals surface area contributed by atoms with Gasteiger partial charge in [0.15, 0.2) is 0 Å². The molecule has 0 bridgehead atoms. The Balaban J connectivity index is 1.90. The second kappa shape index (κ2) is 7.94. The summed E-state index contributed by atoms with van der Waals surface area (Å²) in [6.45, 7) is 0.328. The number of amides is 1. The van der Waals surface area contributed by atoms with Crippen molar-refractivity contribution in [1.82, 2.24) is 4.72 Å². The van der Waals surface area contributed by atoms with Crippen LogP contribution in [0.4, 0.5) is 10.5 Å². The minimum atomic E-state index is -3.18. The number of carbonyl (C=O) groups excluding carboxylic acids is 1. The zero-order valence-corrected chi connectivity index (χ0v) is 14.4. The number of carbonyl (C=O) groups is 1. The second-order valence-corrected chi connectivity index (χ2v) is 7.16. The zero-order chi connectivity index (χ0) is 17.6. The van der Waals surface area contributed by atoms with Crippen molar-refractivity contribution in [2.75, 3.05) is 24.7 Å². The minimum absolute atomic E-state index is 0.328. The van der Waals surface area contributed by atoms with Gasteiger partial charge >= 0.3 is 6.09 Å². The molecule has 1 N–H and O–H groups in total. The number of ether oxygens (including phenoxy) is 1. The summed E-state index contributed by atoms with van der Waals surface area (Å²) in [7, 11) is -1.54. The van der Waals surface area contributed by atoms with E-state index in [-0.39, 0.29) is 0 Å². The highest BCUT2D eigenvalue weighted by molar-refractivity contribution is 7.88. The minimum Gasteiger partial charge on any atom is -0.410 e. The number of hydrogen-bond acceptors (Lipinski definition) is 4. The molecule has 0 unspecified atom stereocenters. The van der Waals surface area contributed by atoms with E-state index in [1.807, 2.05) is 30.3 Å². The molecule has 7 heteroatoms. The van der Waals surface area contributed by atoms with Crippen LogP contribution < -0.4 is 14.4 Å². The molecular weight excluding hydrogens is 328 g/mol. The Morgan fingerprint density at radius 1 is 1.08 bits per heavy atom. The van der Waals surface area contributed by atoms with Crippen LogP contribution in [0.25, 0.3) is 0 Å². The maximum Gasteiger partial charge on any atom is 0.419 e. The molecule has 2 aromatic rings. The van der Waals surface area contributed by atoms with E-state index in [4.69, 9.17) is 4.74 Å². The summed E-state index contributed by atoms with van der Waals surface area (Å²) in [5.74, 6) is 0.433. The summed E-state index contributed by atoms with van der Waals surface area (Å²) < 4.78 is 29.8. The van der Waals surface area contributed by atoms with Crippen LogP contribution in [-0.2, 0) is 16.4 Å². The molecule has 0 fully saturated rings. The third-order valence-electron chi connectivity index (χ3n) is 3.32. The Hall–Kier alpha value is -2.38. The number of para-hydroxylation sites is 1. The summed E-state index contributed by atoms with van der Waals surface area (Å²) >= 11 is 0. The number of nitrogens with zero attached hydrogens (tertiary/aromatic N) is 1. The third-order valence-corrected chi connectivity index (χ3v) is 4.05. The smallest absolute Gasteiger partial charge is 0.410 e. The van der Waals surface area contributed by atoms with Gasteiger partial charge in [-0.25, -0.2) is 17.9 Å².